The van der Waals surface area contributed by atoms with Gasteiger partial charge in [0.05, 0.1) is 17.0 Å². The summed E-state index contributed by atoms with van der Waals surface area (Å²) in [6.45, 7) is 7.41. The maximum absolute atomic E-state index is 13.7. The number of aromatic carboxylic acids is 1. The number of halogens is 1. The molecule has 0 fully saturated rings. The lowest BCUT2D eigenvalue weighted by Crippen LogP contribution is -2.19. The van der Waals surface area contributed by atoms with Crippen molar-refractivity contribution >= 4 is 5.97 Å². The monoisotopic (exact) mass is 287 g/mol. The predicted molar refractivity (Wildman–Crippen MR) is 80.0 cm³/mol. The highest BCUT2D eigenvalue weighted by molar-refractivity contribution is 5.89. The van der Waals surface area contributed by atoms with E-state index in [4.69, 9.17) is 0 Å². The van der Waals surface area contributed by atoms with Crippen LogP contribution in [0.1, 0.15) is 42.4 Å². The average Bonchev–Trinajstić information content (AvgIpc) is 2.40. The SMILES string of the molecule is Cc1ccc(-c2ccc(C(=O)O)c(C(C)(C)C)n2)cc1F. The third-order valence-corrected chi connectivity index (χ3v) is 3.30. The van der Waals surface area contributed by atoms with Gasteiger partial charge >= 0.3 is 5.97 Å². The zero-order chi connectivity index (χ0) is 15.8. The highest BCUT2D eigenvalue weighted by atomic mass is 19.1. The van der Waals surface area contributed by atoms with Gasteiger partial charge in [-0.1, -0.05) is 32.9 Å². The van der Waals surface area contributed by atoms with Crippen molar-refractivity contribution in [3.05, 3.63) is 53.0 Å². The number of carboxylic acid groups (broad SMARTS) is 1. The molecule has 2 rings (SSSR count). The van der Waals surface area contributed by atoms with Crippen LogP contribution in [0, 0.1) is 12.7 Å². The quantitative estimate of drug-likeness (QED) is 0.901. The summed E-state index contributed by atoms with van der Waals surface area (Å²) in [5, 5.41) is 9.27. The van der Waals surface area contributed by atoms with E-state index in [-0.39, 0.29) is 11.4 Å². The summed E-state index contributed by atoms with van der Waals surface area (Å²) in [5.41, 5.74) is 2.04. The van der Waals surface area contributed by atoms with Crippen LogP contribution in [-0.4, -0.2) is 16.1 Å². The third-order valence-electron chi connectivity index (χ3n) is 3.30. The topological polar surface area (TPSA) is 50.2 Å². The van der Waals surface area contributed by atoms with Crippen molar-refractivity contribution < 1.29 is 14.3 Å². The second-order valence-corrected chi connectivity index (χ2v) is 6.11. The Morgan fingerprint density at radius 3 is 2.38 bits per heavy atom. The molecule has 0 radical (unpaired) electrons. The number of pyridine rings is 1. The second kappa shape index (κ2) is 5.28. The van der Waals surface area contributed by atoms with Gasteiger partial charge in [0.25, 0.3) is 0 Å². The molecule has 0 aliphatic carbocycles. The maximum Gasteiger partial charge on any atom is 0.337 e. The van der Waals surface area contributed by atoms with Gasteiger partial charge < -0.3 is 5.11 Å². The summed E-state index contributed by atoms with van der Waals surface area (Å²) in [4.78, 5) is 15.8. The van der Waals surface area contributed by atoms with Crippen molar-refractivity contribution in [3.8, 4) is 11.3 Å². The lowest BCUT2D eigenvalue weighted by molar-refractivity contribution is 0.0693. The summed E-state index contributed by atoms with van der Waals surface area (Å²) < 4.78 is 13.7. The van der Waals surface area contributed by atoms with E-state index in [1.165, 1.54) is 12.1 Å². The first-order valence-corrected chi connectivity index (χ1v) is 6.71. The van der Waals surface area contributed by atoms with Gasteiger partial charge in [-0.2, -0.15) is 0 Å². The van der Waals surface area contributed by atoms with Crippen LogP contribution in [0.25, 0.3) is 11.3 Å². The van der Waals surface area contributed by atoms with Crippen LogP contribution in [0.3, 0.4) is 0 Å². The summed E-state index contributed by atoms with van der Waals surface area (Å²) in [5.74, 6) is -1.30. The lowest BCUT2D eigenvalue weighted by atomic mass is 9.88. The normalized spacial score (nSPS) is 11.5. The van der Waals surface area contributed by atoms with Gasteiger partial charge in [-0.15, -0.1) is 0 Å². The van der Waals surface area contributed by atoms with Crippen LogP contribution < -0.4 is 0 Å². The van der Waals surface area contributed by atoms with Crippen LogP contribution in [0.4, 0.5) is 4.39 Å². The molecular weight excluding hydrogens is 269 g/mol. The number of carbonyl (C=O) groups is 1. The molecule has 1 N–H and O–H groups in total. The fourth-order valence-electron chi connectivity index (χ4n) is 2.12. The minimum atomic E-state index is -1.01. The van der Waals surface area contributed by atoms with Gasteiger partial charge in [0.1, 0.15) is 5.82 Å². The summed E-state index contributed by atoms with van der Waals surface area (Å²) >= 11 is 0. The number of rotatable bonds is 2. The number of benzene rings is 1. The smallest absolute Gasteiger partial charge is 0.337 e. The molecule has 0 aliphatic rings. The minimum absolute atomic E-state index is 0.179. The zero-order valence-electron chi connectivity index (χ0n) is 12.6. The first kappa shape index (κ1) is 15.2. The summed E-state index contributed by atoms with van der Waals surface area (Å²) in [7, 11) is 0. The molecule has 2 aromatic rings. The molecule has 4 heteroatoms. The molecular formula is C17H18FNO2. The molecule has 110 valence electrons. The predicted octanol–water partition coefficient (Wildman–Crippen LogP) is 4.19. The Kier molecular flexibility index (Phi) is 3.81. The number of nitrogens with zero attached hydrogens (tertiary/aromatic N) is 1. The number of aryl methyl sites for hydroxylation is 1. The van der Waals surface area contributed by atoms with E-state index in [9.17, 15) is 14.3 Å². The van der Waals surface area contributed by atoms with Crippen molar-refractivity contribution in [2.75, 3.05) is 0 Å². The molecule has 0 bridgehead atoms. The molecule has 1 heterocycles. The van der Waals surface area contributed by atoms with E-state index >= 15 is 0 Å². The Balaban J connectivity index is 2.61. The molecule has 0 unspecified atom stereocenters. The Morgan fingerprint density at radius 2 is 1.86 bits per heavy atom. The highest BCUT2D eigenvalue weighted by Crippen LogP contribution is 2.28. The minimum Gasteiger partial charge on any atom is -0.478 e. The average molecular weight is 287 g/mol. The molecule has 1 aromatic heterocycles. The largest absolute Gasteiger partial charge is 0.478 e. The lowest BCUT2D eigenvalue weighted by Gasteiger charge is -2.21. The second-order valence-electron chi connectivity index (χ2n) is 6.11. The molecule has 0 saturated carbocycles. The Morgan fingerprint density at radius 1 is 1.19 bits per heavy atom. The van der Waals surface area contributed by atoms with Crippen LogP contribution in [0.5, 0.6) is 0 Å². The van der Waals surface area contributed by atoms with E-state index in [1.807, 2.05) is 20.8 Å². The maximum atomic E-state index is 13.7. The fourth-order valence-corrected chi connectivity index (χ4v) is 2.12. The van der Waals surface area contributed by atoms with Crippen LogP contribution in [0.15, 0.2) is 30.3 Å². The molecule has 1 aromatic carbocycles. The van der Waals surface area contributed by atoms with Crippen LogP contribution in [0.2, 0.25) is 0 Å². The van der Waals surface area contributed by atoms with Crippen molar-refractivity contribution in [2.24, 2.45) is 0 Å². The molecule has 0 spiro atoms. The van der Waals surface area contributed by atoms with Crippen LogP contribution >= 0.6 is 0 Å². The van der Waals surface area contributed by atoms with Gasteiger partial charge in [-0.25, -0.2) is 9.18 Å². The molecule has 21 heavy (non-hydrogen) atoms. The highest BCUT2D eigenvalue weighted by Gasteiger charge is 2.24. The number of hydrogen-bond acceptors (Lipinski definition) is 2. The number of carboxylic acids is 1. The Hall–Kier alpha value is -2.23. The first-order chi connectivity index (χ1) is 9.70. The summed E-state index contributed by atoms with van der Waals surface area (Å²) in [6.07, 6.45) is 0. The molecule has 0 atom stereocenters. The fraction of sp³-hybridized carbons (Fsp3) is 0.294. The van der Waals surface area contributed by atoms with Gasteiger partial charge in [0.2, 0.25) is 0 Å². The molecule has 0 aliphatic heterocycles. The van der Waals surface area contributed by atoms with Crippen molar-refractivity contribution in [1.29, 1.82) is 0 Å². The Labute approximate surface area is 123 Å². The van der Waals surface area contributed by atoms with Gasteiger partial charge in [-0.05, 0) is 30.7 Å². The van der Waals surface area contributed by atoms with Crippen LogP contribution in [-0.2, 0) is 5.41 Å². The molecule has 0 amide bonds. The number of aromatic nitrogens is 1. The molecule has 3 nitrogen and oxygen atoms in total. The van der Waals surface area contributed by atoms with Crippen molar-refractivity contribution in [2.45, 2.75) is 33.1 Å². The van der Waals surface area contributed by atoms with Gasteiger partial charge in [0, 0.05) is 11.0 Å². The van der Waals surface area contributed by atoms with Gasteiger partial charge in [-0.3, -0.25) is 4.98 Å². The third kappa shape index (κ3) is 3.10. The molecule has 0 saturated heterocycles. The standard InChI is InChI=1S/C17H18FNO2/c1-10-5-6-11(9-13(10)18)14-8-7-12(16(20)21)15(19-14)17(2,3)4/h5-9H,1-4H3,(H,20,21). The summed E-state index contributed by atoms with van der Waals surface area (Å²) in [6, 6.07) is 8.04. The number of hydrogen-bond donors (Lipinski definition) is 1. The van der Waals surface area contributed by atoms with E-state index < -0.39 is 11.4 Å². The van der Waals surface area contributed by atoms with Crippen molar-refractivity contribution in [3.63, 3.8) is 0 Å². The Bertz CT molecular complexity index is 702. The van der Waals surface area contributed by atoms with Crippen molar-refractivity contribution in [1.82, 2.24) is 4.98 Å². The van der Waals surface area contributed by atoms with Gasteiger partial charge in [0.15, 0.2) is 0 Å². The van der Waals surface area contributed by atoms with E-state index in [1.54, 1.807) is 25.1 Å². The van der Waals surface area contributed by atoms with E-state index in [0.29, 0.717) is 22.5 Å². The first-order valence-electron chi connectivity index (χ1n) is 6.71. The zero-order valence-corrected chi connectivity index (χ0v) is 12.6. The van der Waals surface area contributed by atoms with E-state index in [0.717, 1.165) is 0 Å². The van der Waals surface area contributed by atoms with E-state index in [2.05, 4.69) is 4.98 Å².